The molecule has 0 saturated heterocycles. The van der Waals surface area contributed by atoms with Gasteiger partial charge in [0.05, 0.1) is 11.0 Å². The van der Waals surface area contributed by atoms with E-state index in [1.807, 2.05) is 0 Å². The number of fused-ring (bicyclic) bond motifs is 3. The van der Waals surface area contributed by atoms with E-state index in [-0.39, 0.29) is 0 Å². The Morgan fingerprint density at radius 1 is 0.400 bits per heavy atom. The van der Waals surface area contributed by atoms with Gasteiger partial charge in [-0.25, -0.2) is 0 Å². The lowest BCUT2D eigenvalue weighted by Gasteiger charge is -2.27. The van der Waals surface area contributed by atoms with Crippen LogP contribution in [0.25, 0.3) is 49.7 Å². The van der Waals surface area contributed by atoms with Crippen LogP contribution in [0, 0.1) is 0 Å². The van der Waals surface area contributed by atoms with Gasteiger partial charge in [-0.1, -0.05) is 133 Å². The molecule has 2 nitrogen and oxygen atoms in total. The maximum Gasteiger partial charge on any atom is 0.0547 e. The second-order valence-corrected chi connectivity index (χ2v) is 11.4. The largest absolute Gasteiger partial charge is 0.337 e. The number of rotatable bonds is 7. The molecule has 7 aromatic carbocycles. The molecule has 0 N–H and O–H groups in total. The summed E-state index contributed by atoms with van der Waals surface area (Å²) in [7, 11) is 0. The first-order valence-corrected chi connectivity index (χ1v) is 15.5. The topological polar surface area (TPSA) is 8.17 Å². The van der Waals surface area contributed by atoms with Gasteiger partial charge in [-0.2, -0.15) is 0 Å². The van der Waals surface area contributed by atoms with E-state index >= 15 is 0 Å². The fourth-order valence-corrected chi connectivity index (χ4v) is 6.53. The Bertz CT molecular complexity index is 2230. The van der Waals surface area contributed by atoms with Gasteiger partial charge < -0.3 is 9.47 Å². The van der Waals surface area contributed by atoms with Crippen LogP contribution in [-0.4, -0.2) is 4.57 Å². The average Bonchev–Trinajstić information content (AvgIpc) is 3.45. The van der Waals surface area contributed by atoms with E-state index in [0.717, 1.165) is 17.9 Å². The highest BCUT2D eigenvalue weighted by molar-refractivity contribution is 6.10. The number of nitrogens with zero attached hydrogens (tertiary/aromatic N) is 2. The Balaban J connectivity index is 1.25. The SMILES string of the molecule is c1ccc(-c2cccc(N(Cc3ccccc3-c3ccc4c5ccccc5n(-c5ccccc5)c4c3)c3ccccc3)c2)cc1. The minimum Gasteiger partial charge on any atom is -0.337 e. The molecule has 2 heteroatoms. The first-order chi connectivity index (χ1) is 22.3. The van der Waals surface area contributed by atoms with Crippen molar-refractivity contribution in [3.63, 3.8) is 0 Å². The third-order valence-corrected chi connectivity index (χ3v) is 8.68. The van der Waals surface area contributed by atoms with Gasteiger partial charge in [0.15, 0.2) is 0 Å². The number of hydrogen-bond donors (Lipinski definition) is 0. The van der Waals surface area contributed by atoms with Gasteiger partial charge in [-0.3, -0.25) is 0 Å². The van der Waals surface area contributed by atoms with E-state index in [9.17, 15) is 0 Å². The van der Waals surface area contributed by atoms with E-state index in [1.54, 1.807) is 0 Å². The predicted octanol–water partition coefficient (Wildman–Crippen LogP) is 11.5. The Morgan fingerprint density at radius 3 is 1.84 bits per heavy atom. The third-order valence-electron chi connectivity index (χ3n) is 8.68. The molecule has 0 aliphatic rings. The van der Waals surface area contributed by atoms with Gasteiger partial charge in [-0.15, -0.1) is 0 Å². The van der Waals surface area contributed by atoms with Crippen LogP contribution in [0.2, 0.25) is 0 Å². The number of aromatic nitrogens is 1. The molecule has 8 rings (SSSR count). The summed E-state index contributed by atoms with van der Waals surface area (Å²) >= 11 is 0. The van der Waals surface area contributed by atoms with E-state index < -0.39 is 0 Å². The molecular formula is C43H32N2. The minimum atomic E-state index is 0.734. The van der Waals surface area contributed by atoms with Crippen molar-refractivity contribution in [1.29, 1.82) is 0 Å². The summed E-state index contributed by atoms with van der Waals surface area (Å²) in [6.07, 6.45) is 0. The number of anilines is 2. The van der Waals surface area contributed by atoms with E-state index in [4.69, 9.17) is 0 Å². The van der Waals surface area contributed by atoms with Gasteiger partial charge >= 0.3 is 0 Å². The summed E-state index contributed by atoms with van der Waals surface area (Å²) in [6, 6.07) is 65.3. The lowest BCUT2D eigenvalue weighted by molar-refractivity contribution is 0.977. The fraction of sp³-hybridized carbons (Fsp3) is 0.0233. The molecule has 0 aliphatic heterocycles. The fourth-order valence-electron chi connectivity index (χ4n) is 6.53. The molecule has 0 unspecified atom stereocenters. The Morgan fingerprint density at radius 2 is 1.02 bits per heavy atom. The third kappa shape index (κ3) is 5.07. The van der Waals surface area contributed by atoms with Crippen LogP contribution >= 0.6 is 0 Å². The summed E-state index contributed by atoms with van der Waals surface area (Å²) in [5.74, 6) is 0. The van der Waals surface area contributed by atoms with Gasteiger partial charge in [0.1, 0.15) is 0 Å². The summed E-state index contributed by atoms with van der Waals surface area (Å²) in [5, 5.41) is 2.53. The predicted molar refractivity (Wildman–Crippen MR) is 190 cm³/mol. The van der Waals surface area contributed by atoms with Gasteiger partial charge in [0.25, 0.3) is 0 Å². The average molecular weight is 577 g/mol. The maximum absolute atomic E-state index is 2.42. The van der Waals surface area contributed by atoms with E-state index in [1.165, 1.54) is 55.3 Å². The lowest BCUT2D eigenvalue weighted by atomic mass is 9.97. The van der Waals surface area contributed by atoms with E-state index in [0.29, 0.717) is 0 Å². The Kier molecular flexibility index (Phi) is 6.94. The lowest BCUT2D eigenvalue weighted by Crippen LogP contribution is -2.17. The Labute approximate surface area is 264 Å². The number of benzene rings is 7. The number of para-hydroxylation sites is 3. The van der Waals surface area contributed by atoms with Crippen molar-refractivity contribution in [2.45, 2.75) is 6.54 Å². The normalized spacial score (nSPS) is 11.2. The summed E-state index contributed by atoms with van der Waals surface area (Å²) in [4.78, 5) is 2.42. The Hall–Kier alpha value is -5.86. The van der Waals surface area contributed by atoms with Crippen LogP contribution in [-0.2, 0) is 6.54 Å². The van der Waals surface area contributed by atoms with Crippen molar-refractivity contribution >= 4 is 33.2 Å². The van der Waals surface area contributed by atoms with Crippen molar-refractivity contribution in [2.75, 3.05) is 4.90 Å². The zero-order chi connectivity index (χ0) is 30.0. The highest BCUT2D eigenvalue weighted by Gasteiger charge is 2.17. The summed E-state index contributed by atoms with van der Waals surface area (Å²) in [6.45, 7) is 0.734. The smallest absolute Gasteiger partial charge is 0.0547 e. The monoisotopic (exact) mass is 576 g/mol. The molecular weight excluding hydrogens is 544 g/mol. The molecule has 8 aromatic rings. The van der Waals surface area contributed by atoms with Crippen molar-refractivity contribution in [3.05, 3.63) is 188 Å². The first-order valence-electron chi connectivity index (χ1n) is 15.5. The molecule has 1 aromatic heterocycles. The molecule has 0 atom stereocenters. The molecule has 0 spiro atoms. The van der Waals surface area contributed by atoms with Crippen molar-refractivity contribution < 1.29 is 0 Å². The zero-order valence-corrected chi connectivity index (χ0v) is 24.9. The van der Waals surface area contributed by atoms with Crippen molar-refractivity contribution in [1.82, 2.24) is 4.57 Å². The number of hydrogen-bond acceptors (Lipinski definition) is 1. The molecule has 0 aliphatic carbocycles. The molecule has 0 bridgehead atoms. The molecule has 0 saturated carbocycles. The minimum absolute atomic E-state index is 0.734. The second-order valence-electron chi connectivity index (χ2n) is 11.4. The molecule has 0 fully saturated rings. The highest BCUT2D eigenvalue weighted by atomic mass is 15.1. The van der Waals surface area contributed by atoms with Crippen LogP contribution in [0.5, 0.6) is 0 Å². The van der Waals surface area contributed by atoms with Crippen LogP contribution < -0.4 is 4.90 Å². The molecule has 45 heavy (non-hydrogen) atoms. The van der Waals surface area contributed by atoms with Crippen LogP contribution in [0.3, 0.4) is 0 Å². The summed E-state index contributed by atoms with van der Waals surface area (Å²) in [5.41, 5.74) is 12.1. The van der Waals surface area contributed by atoms with E-state index in [2.05, 4.69) is 191 Å². The van der Waals surface area contributed by atoms with Crippen molar-refractivity contribution in [3.8, 4) is 27.9 Å². The maximum atomic E-state index is 2.42. The van der Waals surface area contributed by atoms with Crippen LogP contribution in [0.15, 0.2) is 182 Å². The second kappa shape index (κ2) is 11.7. The first kappa shape index (κ1) is 26.7. The van der Waals surface area contributed by atoms with Gasteiger partial charge in [-0.05, 0) is 76.3 Å². The molecule has 0 radical (unpaired) electrons. The molecule has 0 amide bonds. The van der Waals surface area contributed by atoms with Crippen LogP contribution in [0.1, 0.15) is 5.56 Å². The zero-order valence-electron chi connectivity index (χ0n) is 24.9. The standard InChI is InChI=1S/C43H32N2/c1-4-15-32(16-5-1)33-18-14-23-38(29-33)44(36-19-6-2-7-20-36)31-35-17-10-11-24-39(35)34-27-28-41-40-25-12-13-26-42(40)45(43(41)30-34)37-21-8-3-9-22-37/h1-30H,31H2. The van der Waals surface area contributed by atoms with Crippen LogP contribution in [0.4, 0.5) is 11.4 Å². The molecule has 214 valence electrons. The highest BCUT2D eigenvalue weighted by Crippen LogP contribution is 2.37. The van der Waals surface area contributed by atoms with Gasteiger partial charge in [0.2, 0.25) is 0 Å². The molecule has 1 heterocycles. The quantitative estimate of drug-likeness (QED) is 0.183. The van der Waals surface area contributed by atoms with Gasteiger partial charge in [0, 0.05) is 34.4 Å². The summed E-state index contributed by atoms with van der Waals surface area (Å²) < 4.78 is 2.39. The van der Waals surface area contributed by atoms with Crippen molar-refractivity contribution in [2.24, 2.45) is 0 Å².